The molecule has 0 unspecified atom stereocenters. The van der Waals surface area contributed by atoms with Crippen molar-refractivity contribution < 1.29 is 9.18 Å². The van der Waals surface area contributed by atoms with Gasteiger partial charge in [-0.25, -0.2) is 9.37 Å². The number of hydrazine groups is 1. The summed E-state index contributed by atoms with van der Waals surface area (Å²) in [5.41, 5.74) is 4.68. The molecule has 70 valence electrons. The van der Waals surface area contributed by atoms with Crippen molar-refractivity contribution in [2.45, 2.75) is 13.3 Å². The molecule has 0 saturated heterocycles. The molecule has 0 fully saturated rings. The van der Waals surface area contributed by atoms with Gasteiger partial charge in [0.2, 0.25) is 5.91 Å². The lowest BCUT2D eigenvalue weighted by Crippen LogP contribution is -2.29. The lowest BCUT2D eigenvalue weighted by molar-refractivity contribution is -0.120. The van der Waals surface area contributed by atoms with E-state index in [0.717, 1.165) is 0 Å². The Hall–Kier alpha value is -1.65. The Bertz CT molecular complexity index is 303. The Kier molecular flexibility index (Phi) is 3.19. The normalized spacial score (nSPS) is 9.38. The van der Waals surface area contributed by atoms with Gasteiger partial charge in [-0.1, -0.05) is 6.92 Å². The number of aromatic nitrogens is 1. The van der Waals surface area contributed by atoms with Crippen LogP contribution in [0, 0.1) is 5.82 Å². The van der Waals surface area contributed by atoms with E-state index in [1.165, 1.54) is 18.3 Å². The molecule has 0 radical (unpaired) electrons. The van der Waals surface area contributed by atoms with E-state index in [1.54, 1.807) is 6.92 Å². The van der Waals surface area contributed by atoms with Gasteiger partial charge in [0.1, 0.15) is 0 Å². The molecule has 0 bridgehead atoms. The van der Waals surface area contributed by atoms with Crippen LogP contribution in [0.1, 0.15) is 13.3 Å². The zero-order valence-corrected chi connectivity index (χ0v) is 7.17. The molecule has 0 spiro atoms. The van der Waals surface area contributed by atoms with E-state index in [-0.39, 0.29) is 11.7 Å². The average molecular weight is 183 g/mol. The van der Waals surface area contributed by atoms with Crippen LogP contribution in [0.5, 0.6) is 0 Å². The molecular formula is C8H10FN3O. The summed E-state index contributed by atoms with van der Waals surface area (Å²) in [6, 6.07) is 2.73. The molecule has 1 aromatic rings. The fourth-order valence-electron chi connectivity index (χ4n) is 0.695. The van der Waals surface area contributed by atoms with E-state index in [2.05, 4.69) is 15.8 Å². The van der Waals surface area contributed by atoms with Crippen LogP contribution in [-0.4, -0.2) is 10.9 Å². The first-order valence-corrected chi connectivity index (χ1v) is 3.89. The maximum absolute atomic E-state index is 12.9. The van der Waals surface area contributed by atoms with Crippen LogP contribution in [0.15, 0.2) is 18.3 Å². The molecule has 2 N–H and O–H groups in total. The standard InChI is InChI=1S/C8H10FN3O/c1-2-7(13)11-12-8-6(9)4-3-5-10-8/h3-5H,2H2,1H3,(H,10,12)(H,11,13). The second-order valence-corrected chi connectivity index (χ2v) is 2.36. The van der Waals surface area contributed by atoms with Crippen molar-refractivity contribution in [2.75, 3.05) is 5.43 Å². The molecule has 0 aliphatic carbocycles. The second-order valence-electron chi connectivity index (χ2n) is 2.36. The number of nitrogens with one attached hydrogen (secondary N) is 2. The minimum atomic E-state index is -0.501. The van der Waals surface area contributed by atoms with E-state index in [1.807, 2.05) is 0 Å². The lowest BCUT2D eigenvalue weighted by atomic mass is 10.4. The highest BCUT2D eigenvalue weighted by atomic mass is 19.1. The van der Waals surface area contributed by atoms with Gasteiger partial charge in [0.25, 0.3) is 0 Å². The lowest BCUT2D eigenvalue weighted by Gasteiger charge is -2.06. The second kappa shape index (κ2) is 4.39. The summed E-state index contributed by atoms with van der Waals surface area (Å²) in [5.74, 6) is -0.701. The van der Waals surface area contributed by atoms with Gasteiger partial charge in [0.05, 0.1) is 0 Å². The predicted molar refractivity (Wildman–Crippen MR) is 46.3 cm³/mol. The first-order chi connectivity index (χ1) is 6.24. The first-order valence-electron chi connectivity index (χ1n) is 3.89. The van der Waals surface area contributed by atoms with E-state index in [9.17, 15) is 9.18 Å². The number of amides is 1. The number of nitrogens with zero attached hydrogens (tertiary/aromatic N) is 1. The van der Waals surface area contributed by atoms with Crippen molar-refractivity contribution in [2.24, 2.45) is 0 Å². The average Bonchev–Trinajstić information content (AvgIpc) is 2.16. The highest BCUT2D eigenvalue weighted by Gasteiger charge is 2.01. The topological polar surface area (TPSA) is 54.0 Å². The van der Waals surface area contributed by atoms with Gasteiger partial charge >= 0.3 is 0 Å². The summed E-state index contributed by atoms with van der Waals surface area (Å²) in [7, 11) is 0. The first kappa shape index (κ1) is 9.44. The van der Waals surface area contributed by atoms with Gasteiger partial charge in [-0.15, -0.1) is 0 Å². The van der Waals surface area contributed by atoms with Crippen LogP contribution < -0.4 is 10.9 Å². The van der Waals surface area contributed by atoms with Crippen molar-refractivity contribution in [3.05, 3.63) is 24.1 Å². The van der Waals surface area contributed by atoms with E-state index in [4.69, 9.17) is 0 Å². The minimum absolute atomic E-state index is 0.0179. The third kappa shape index (κ3) is 2.70. The molecule has 5 heteroatoms. The van der Waals surface area contributed by atoms with Gasteiger partial charge in [-0.05, 0) is 12.1 Å². The summed E-state index contributed by atoms with van der Waals surface area (Å²) in [4.78, 5) is 14.5. The van der Waals surface area contributed by atoms with Gasteiger partial charge in [-0.3, -0.25) is 15.6 Å². The highest BCUT2D eigenvalue weighted by Crippen LogP contribution is 2.06. The number of pyridine rings is 1. The number of carbonyl (C=O) groups is 1. The number of carbonyl (C=O) groups excluding carboxylic acids is 1. The maximum atomic E-state index is 12.9. The number of rotatable bonds is 3. The minimum Gasteiger partial charge on any atom is -0.279 e. The molecule has 1 rings (SSSR count). The summed E-state index contributed by atoms with van der Waals surface area (Å²) in [5, 5.41) is 0. The molecule has 13 heavy (non-hydrogen) atoms. The fraction of sp³-hybridized carbons (Fsp3) is 0.250. The highest BCUT2D eigenvalue weighted by molar-refractivity contribution is 5.76. The zero-order chi connectivity index (χ0) is 9.68. The molecule has 0 aliphatic heterocycles. The molecule has 4 nitrogen and oxygen atoms in total. The third-order valence-electron chi connectivity index (χ3n) is 1.40. The molecule has 1 heterocycles. The summed E-state index contributed by atoms with van der Waals surface area (Å²) in [6.45, 7) is 1.70. The monoisotopic (exact) mass is 183 g/mol. The van der Waals surface area contributed by atoms with Gasteiger partial charge < -0.3 is 0 Å². The Labute approximate surface area is 75.1 Å². The van der Waals surface area contributed by atoms with Gasteiger partial charge in [-0.2, -0.15) is 0 Å². The molecule has 1 aromatic heterocycles. The summed E-state index contributed by atoms with van der Waals surface area (Å²) < 4.78 is 12.9. The van der Waals surface area contributed by atoms with Gasteiger partial charge in [0, 0.05) is 12.6 Å². The predicted octanol–water partition coefficient (Wildman–Crippen LogP) is 1.07. The molecule has 0 aliphatic rings. The summed E-state index contributed by atoms with van der Waals surface area (Å²) >= 11 is 0. The maximum Gasteiger partial charge on any atom is 0.238 e. The van der Waals surface area contributed by atoms with Crippen molar-refractivity contribution in [1.82, 2.24) is 10.4 Å². The van der Waals surface area contributed by atoms with E-state index < -0.39 is 5.82 Å². The van der Waals surface area contributed by atoms with E-state index in [0.29, 0.717) is 6.42 Å². The number of anilines is 1. The fourth-order valence-corrected chi connectivity index (χ4v) is 0.695. The molecule has 0 atom stereocenters. The Balaban J connectivity index is 2.54. The number of halogens is 1. The molecule has 0 aromatic carbocycles. The van der Waals surface area contributed by atoms with Crippen molar-refractivity contribution in [3.8, 4) is 0 Å². The van der Waals surface area contributed by atoms with Crippen molar-refractivity contribution >= 4 is 11.7 Å². The van der Waals surface area contributed by atoms with E-state index >= 15 is 0 Å². The van der Waals surface area contributed by atoms with Gasteiger partial charge in [0.15, 0.2) is 11.6 Å². The zero-order valence-electron chi connectivity index (χ0n) is 7.17. The molecule has 0 saturated carbocycles. The molecular weight excluding hydrogens is 173 g/mol. The SMILES string of the molecule is CCC(=O)NNc1ncccc1F. The Morgan fingerprint density at radius 1 is 1.69 bits per heavy atom. The van der Waals surface area contributed by atoms with Crippen LogP contribution in [-0.2, 0) is 4.79 Å². The largest absolute Gasteiger partial charge is 0.279 e. The van der Waals surface area contributed by atoms with Crippen molar-refractivity contribution in [3.63, 3.8) is 0 Å². The van der Waals surface area contributed by atoms with Crippen LogP contribution in [0.3, 0.4) is 0 Å². The number of hydrogen-bond donors (Lipinski definition) is 2. The van der Waals surface area contributed by atoms with Crippen LogP contribution >= 0.6 is 0 Å². The third-order valence-corrected chi connectivity index (χ3v) is 1.40. The smallest absolute Gasteiger partial charge is 0.238 e. The van der Waals surface area contributed by atoms with Crippen molar-refractivity contribution in [1.29, 1.82) is 0 Å². The Morgan fingerprint density at radius 2 is 2.46 bits per heavy atom. The van der Waals surface area contributed by atoms with Crippen LogP contribution in [0.4, 0.5) is 10.2 Å². The molecule has 1 amide bonds. The Morgan fingerprint density at radius 3 is 3.08 bits per heavy atom. The summed E-state index contributed by atoms with van der Waals surface area (Å²) in [6.07, 6.45) is 1.77. The van der Waals surface area contributed by atoms with Crippen LogP contribution in [0.2, 0.25) is 0 Å². The van der Waals surface area contributed by atoms with Crippen LogP contribution in [0.25, 0.3) is 0 Å². The quantitative estimate of drug-likeness (QED) is 0.689. The number of hydrogen-bond acceptors (Lipinski definition) is 3.